The summed E-state index contributed by atoms with van der Waals surface area (Å²) in [6.45, 7) is 2.93. The lowest BCUT2D eigenvalue weighted by Gasteiger charge is -2.12. The summed E-state index contributed by atoms with van der Waals surface area (Å²) < 4.78 is 5.30. The topological polar surface area (TPSA) is 35.2 Å². The van der Waals surface area contributed by atoms with Crippen molar-refractivity contribution in [2.45, 2.75) is 24.3 Å². The van der Waals surface area contributed by atoms with Crippen molar-refractivity contribution in [3.8, 4) is 5.75 Å². The second kappa shape index (κ2) is 7.05. The third kappa shape index (κ3) is 4.24. The van der Waals surface area contributed by atoms with E-state index in [2.05, 4.69) is 6.92 Å². The van der Waals surface area contributed by atoms with Crippen LogP contribution in [0.1, 0.15) is 18.9 Å². The number of methoxy groups -OCH3 is 1. The van der Waals surface area contributed by atoms with E-state index < -0.39 is 0 Å². The Morgan fingerprint density at radius 3 is 2.88 bits per heavy atom. The van der Waals surface area contributed by atoms with Gasteiger partial charge in [0.2, 0.25) is 0 Å². The number of rotatable bonds is 6. The van der Waals surface area contributed by atoms with Gasteiger partial charge in [-0.25, -0.2) is 0 Å². The summed E-state index contributed by atoms with van der Waals surface area (Å²) in [7, 11) is 1.68. The average molecular weight is 260 g/mol. The highest BCUT2D eigenvalue weighted by Gasteiger charge is 2.07. The number of ether oxygens (including phenoxy) is 1. The molecule has 0 spiro atoms. The maximum Gasteiger partial charge on any atom is 0.122 e. The van der Waals surface area contributed by atoms with Crippen LogP contribution in [-0.2, 0) is 5.75 Å². The van der Waals surface area contributed by atoms with Crippen LogP contribution in [0.25, 0.3) is 0 Å². The van der Waals surface area contributed by atoms with Crippen LogP contribution < -0.4 is 10.5 Å². The van der Waals surface area contributed by atoms with Crippen LogP contribution in [0, 0.1) is 0 Å². The molecule has 1 atom stereocenters. The fraction of sp³-hybridized carbons (Fsp3) is 0.500. The summed E-state index contributed by atoms with van der Waals surface area (Å²) >= 11 is 7.84. The molecule has 0 radical (unpaired) electrons. The molecule has 0 amide bonds. The van der Waals surface area contributed by atoms with Crippen molar-refractivity contribution in [1.82, 2.24) is 0 Å². The van der Waals surface area contributed by atoms with Gasteiger partial charge in [-0.1, -0.05) is 18.5 Å². The maximum absolute atomic E-state index is 5.97. The molecule has 0 saturated carbocycles. The first-order chi connectivity index (χ1) is 7.67. The highest BCUT2D eigenvalue weighted by Crippen LogP contribution is 2.28. The monoisotopic (exact) mass is 259 g/mol. The third-order valence-electron chi connectivity index (χ3n) is 2.34. The van der Waals surface area contributed by atoms with Gasteiger partial charge in [-0.15, -0.1) is 0 Å². The predicted octanol–water partition coefficient (Wildman–Crippen LogP) is 3.32. The minimum atomic E-state index is 0.564. The summed E-state index contributed by atoms with van der Waals surface area (Å²) in [5.41, 5.74) is 6.66. The molecule has 0 fully saturated rings. The molecule has 16 heavy (non-hydrogen) atoms. The predicted molar refractivity (Wildman–Crippen MR) is 72.4 cm³/mol. The number of thioether (sulfide) groups is 1. The largest absolute Gasteiger partial charge is 0.496 e. The molecule has 0 aliphatic heterocycles. The average Bonchev–Trinajstić information content (AvgIpc) is 2.27. The summed E-state index contributed by atoms with van der Waals surface area (Å²) in [5, 5.41) is 1.32. The van der Waals surface area contributed by atoms with Crippen LogP contribution in [0.2, 0.25) is 5.02 Å². The van der Waals surface area contributed by atoms with E-state index in [1.54, 1.807) is 7.11 Å². The fourth-order valence-electron chi connectivity index (χ4n) is 1.41. The SMILES string of the molecule is COc1ccc(Cl)cc1CSC(C)CCN. The zero-order chi connectivity index (χ0) is 12.0. The Balaban J connectivity index is 2.61. The third-order valence-corrected chi connectivity index (χ3v) is 3.86. The highest BCUT2D eigenvalue weighted by molar-refractivity contribution is 7.99. The van der Waals surface area contributed by atoms with Crippen molar-refractivity contribution in [1.29, 1.82) is 0 Å². The van der Waals surface area contributed by atoms with Crippen LogP contribution >= 0.6 is 23.4 Å². The summed E-state index contributed by atoms with van der Waals surface area (Å²) in [5.74, 6) is 1.81. The molecule has 1 aromatic rings. The standard InChI is InChI=1S/C12H18ClNOS/c1-9(5-6-14)16-8-10-7-11(13)3-4-12(10)15-2/h3-4,7,9H,5-6,8,14H2,1-2H3. The molecule has 0 saturated heterocycles. The molecule has 0 bridgehead atoms. The Morgan fingerprint density at radius 1 is 1.50 bits per heavy atom. The molecule has 0 aromatic heterocycles. The quantitative estimate of drug-likeness (QED) is 0.851. The van der Waals surface area contributed by atoms with Crippen molar-refractivity contribution in [2.75, 3.05) is 13.7 Å². The Morgan fingerprint density at radius 2 is 2.25 bits per heavy atom. The van der Waals surface area contributed by atoms with Gasteiger partial charge in [0.1, 0.15) is 5.75 Å². The van der Waals surface area contributed by atoms with Crippen molar-refractivity contribution in [3.05, 3.63) is 28.8 Å². The lowest BCUT2D eigenvalue weighted by Crippen LogP contribution is -2.07. The molecule has 0 aliphatic carbocycles. The fourth-order valence-corrected chi connectivity index (χ4v) is 2.60. The Bertz CT molecular complexity index is 333. The lowest BCUT2D eigenvalue weighted by atomic mass is 10.2. The molecule has 1 aromatic carbocycles. The maximum atomic E-state index is 5.97. The number of halogens is 1. The second-order valence-electron chi connectivity index (χ2n) is 3.66. The van der Waals surface area contributed by atoms with Gasteiger partial charge >= 0.3 is 0 Å². The van der Waals surface area contributed by atoms with E-state index in [-0.39, 0.29) is 0 Å². The first-order valence-electron chi connectivity index (χ1n) is 5.31. The van der Waals surface area contributed by atoms with Crippen LogP contribution in [-0.4, -0.2) is 18.9 Å². The molecule has 1 rings (SSSR count). The van der Waals surface area contributed by atoms with Crippen LogP contribution in [0.3, 0.4) is 0 Å². The van der Waals surface area contributed by atoms with E-state index >= 15 is 0 Å². The first-order valence-corrected chi connectivity index (χ1v) is 6.74. The van der Waals surface area contributed by atoms with Crippen molar-refractivity contribution in [2.24, 2.45) is 5.73 Å². The molecule has 4 heteroatoms. The number of hydrogen-bond acceptors (Lipinski definition) is 3. The number of nitrogens with two attached hydrogens (primary N) is 1. The van der Waals surface area contributed by atoms with E-state index in [0.29, 0.717) is 5.25 Å². The van der Waals surface area contributed by atoms with Gasteiger partial charge in [-0.3, -0.25) is 0 Å². The lowest BCUT2D eigenvalue weighted by molar-refractivity contribution is 0.411. The van der Waals surface area contributed by atoms with Crippen molar-refractivity contribution in [3.63, 3.8) is 0 Å². The van der Waals surface area contributed by atoms with E-state index in [4.69, 9.17) is 22.1 Å². The summed E-state index contributed by atoms with van der Waals surface area (Å²) in [6, 6.07) is 5.71. The number of hydrogen-bond donors (Lipinski definition) is 1. The minimum absolute atomic E-state index is 0.564. The van der Waals surface area contributed by atoms with Gasteiger partial charge in [-0.05, 0) is 31.2 Å². The zero-order valence-corrected chi connectivity index (χ0v) is 11.3. The minimum Gasteiger partial charge on any atom is -0.496 e. The second-order valence-corrected chi connectivity index (χ2v) is 5.52. The van der Waals surface area contributed by atoms with Gasteiger partial charge in [-0.2, -0.15) is 11.8 Å². The molecule has 2 nitrogen and oxygen atoms in total. The van der Waals surface area contributed by atoms with Crippen LogP contribution in [0.15, 0.2) is 18.2 Å². The van der Waals surface area contributed by atoms with Gasteiger partial charge in [0.05, 0.1) is 7.11 Å². The molecule has 2 N–H and O–H groups in total. The van der Waals surface area contributed by atoms with Gasteiger partial charge in [0.15, 0.2) is 0 Å². The highest BCUT2D eigenvalue weighted by atomic mass is 35.5. The van der Waals surface area contributed by atoms with Gasteiger partial charge in [0, 0.05) is 21.6 Å². The molecular formula is C12H18ClNOS. The summed E-state index contributed by atoms with van der Waals surface area (Å²) in [6.07, 6.45) is 1.04. The normalized spacial score (nSPS) is 12.5. The molecule has 0 aliphatic rings. The Labute approximate surface area is 107 Å². The van der Waals surface area contributed by atoms with E-state index in [0.717, 1.165) is 35.1 Å². The van der Waals surface area contributed by atoms with E-state index in [1.165, 1.54) is 0 Å². The smallest absolute Gasteiger partial charge is 0.122 e. The molecule has 90 valence electrons. The Kier molecular flexibility index (Phi) is 6.03. The molecular weight excluding hydrogens is 242 g/mol. The van der Waals surface area contributed by atoms with Gasteiger partial charge in [0.25, 0.3) is 0 Å². The van der Waals surface area contributed by atoms with Crippen molar-refractivity contribution < 1.29 is 4.74 Å². The van der Waals surface area contributed by atoms with Crippen LogP contribution in [0.4, 0.5) is 0 Å². The zero-order valence-electron chi connectivity index (χ0n) is 9.70. The Hall–Kier alpha value is -0.380. The molecule has 1 unspecified atom stereocenters. The van der Waals surface area contributed by atoms with E-state index in [1.807, 2.05) is 30.0 Å². The van der Waals surface area contributed by atoms with Gasteiger partial charge < -0.3 is 10.5 Å². The number of benzene rings is 1. The summed E-state index contributed by atoms with van der Waals surface area (Å²) in [4.78, 5) is 0. The molecule has 0 heterocycles. The van der Waals surface area contributed by atoms with E-state index in [9.17, 15) is 0 Å². The van der Waals surface area contributed by atoms with Crippen molar-refractivity contribution >= 4 is 23.4 Å². The van der Waals surface area contributed by atoms with Crippen LogP contribution in [0.5, 0.6) is 5.75 Å². The first kappa shape index (κ1) is 13.7.